The summed E-state index contributed by atoms with van der Waals surface area (Å²) in [5.74, 6) is 1.47. The van der Waals surface area contributed by atoms with Crippen LogP contribution in [0.2, 0.25) is 0 Å². The zero-order valence-electron chi connectivity index (χ0n) is 22.1. The fourth-order valence-electron chi connectivity index (χ4n) is 4.67. The topological polar surface area (TPSA) is 97.6 Å². The molecule has 5 rings (SSSR count). The summed E-state index contributed by atoms with van der Waals surface area (Å²) in [6.07, 6.45) is 3.18. The van der Waals surface area contributed by atoms with E-state index >= 15 is 0 Å². The van der Waals surface area contributed by atoms with Crippen LogP contribution in [0.5, 0.6) is 0 Å². The molecule has 39 heavy (non-hydrogen) atoms. The van der Waals surface area contributed by atoms with Gasteiger partial charge in [0, 0.05) is 17.5 Å². The number of nitrogens with zero attached hydrogens (tertiary/aromatic N) is 5. The molecule has 0 aliphatic rings. The molecule has 5 aromatic rings. The van der Waals surface area contributed by atoms with E-state index in [1.807, 2.05) is 85.8 Å². The Balaban J connectivity index is 1.46. The van der Waals surface area contributed by atoms with Crippen molar-refractivity contribution in [3.63, 3.8) is 0 Å². The molecular formula is C32H29N5O2. The second-order valence-electron chi connectivity index (χ2n) is 9.49. The van der Waals surface area contributed by atoms with Crippen LogP contribution in [0, 0.1) is 18.3 Å². The molecule has 2 aromatic heterocycles. The van der Waals surface area contributed by atoms with E-state index in [0.29, 0.717) is 35.1 Å². The number of hydrogen-bond donors (Lipinski definition) is 0. The normalized spacial score (nSPS) is 10.9. The van der Waals surface area contributed by atoms with Crippen LogP contribution in [0.1, 0.15) is 53.8 Å². The van der Waals surface area contributed by atoms with Crippen molar-refractivity contribution in [3.05, 3.63) is 123 Å². The predicted molar refractivity (Wildman–Crippen MR) is 150 cm³/mol. The first kappa shape index (κ1) is 25.8. The molecule has 3 aromatic carbocycles. The molecule has 0 N–H and O–H groups in total. The first-order valence-corrected chi connectivity index (χ1v) is 13.1. The lowest BCUT2D eigenvalue weighted by atomic mass is 9.97. The third-order valence-corrected chi connectivity index (χ3v) is 6.79. The number of nitriles is 1. The summed E-state index contributed by atoms with van der Waals surface area (Å²) in [7, 11) is 0. The summed E-state index contributed by atoms with van der Waals surface area (Å²) in [4.78, 5) is 23.2. The molecule has 7 heteroatoms. The molecular weight excluding hydrogens is 486 g/mol. The van der Waals surface area contributed by atoms with Gasteiger partial charge in [-0.15, -0.1) is 0 Å². The monoisotopic (exact) mass is 515 g/mol. The van der Waals surface area contributed by atoms with Crippen LogP contribution in [-0.2, 0) is 19.4 Å². The van der Waals surface area contributed by atoms with Gasteiger partial charge in [0.05, 0.1) is 23.9 Å². The van der Waals surface area contributed by atoms with Gasteiger partial charge in [0.15, 0.2) is 5.82 Å². The third kappa shape index (κ3) is 5.70. The standard InChI is InChI=1S/C32H29N5O2/c1-3-4-14-29-28(19-23-15-17-24(18-16-23)27-13-9-8-12-26(27)20-33)32(38)37(22(2)34-29)21-30-35-31(39-36-30)25-10-6-5-7-11-25/h5-13,15-18H,3-4,14,19,21H2,1-2H3. The molecule has 0 aliphatic carbocycles. The van der Waals surface area contributed by atoms with E-state index in [1.165, 1.54) is 0 Å². The molecule has 7 nitrogen and oxygen atoms in total. The highest BCUT2D eigenvalue weighted by Gasteiger charge is 2.18. The number of hydrogen-bond acceptors (Lipinski definition) is 6. The van der Waals surface area contributed by atoms with Crippen LogP contribution in [0.15, 0.2) is 88.2 Å². The summed E-state index contributed by atoms with van der Waals surface area (Å²) < 4.78 is 7.08. The van der Waals surface area contributed by atoms with Crippen molar-refractivity contribution in [3.8, 4) is 28.7 Å². The summed E-state index contributed by atoms with van der Waals surface area (Å²) in [5, 5.41) is 13.6. The van der Waals surface area contributed by atoms with Gasteiger partial charge in [-0.1, -0.05) is 79.2 Å². The van der Waals surface area contributed by atoms with Crippen molar-refractivity contribution in [2.75, 3.05) is 0 Å². The van der Waals surface area contributed by atoms with Gasteiger partial charge < -0.3 is 4.52 Å². The van der Waals surface area contributed by atoms with Crippen molar-refractivity contribution in [1.82, 2.24) is 19.7 Å². The van der Waals surface area contributed by atoms with Crippen LogP contribution in [0.4, 0.5) is 0 Å². The number of aromatic nitrogens is 4. The van der Waals surface area contributed by atoms with Crippen LogP contribution < -0.4 is 5.56 Å². The van der Waals surface area contributed by atoms with Crippen molar-refractivity contribution >= 4 is 0 Å². The Morgan fingerprint density at radius 3 is 2.41 bits per heavy atom. The first-order valence-electron chi connectivity index (χ1n) is 13.1. The van der Waals surface area contributed by atoms with Gasteiger partial charge in [-0.2, -0.15) is 10.2 Å². The maximum absolute atomic E-state index is 13.8. The second-order valence-corrected chi connectivity index (χ2v) is 9.49. The fraction of sp³-hybridized carbons (Fsp3) is 0.219. The molecule has 194 valence electrons. The summed E-state index contributed by atoms with van der Waals surface area (Å²) in [6.45, 7) is 4.16. The van der Waals surface area contributed by atoms with Crippen LogP contribution in [0.25, 0.3) is 22.6 Å². The Morgan fingerprint density at radius 2 is 1.67 bits per heavy atom. The maximum Gasteiger partial charge on any atom is 0.257 e. The molecule has 2 heterocycles. The minimum Gasteiger partial charge on any atom is -0.334 e. The van der Waals surface area contributed by atoms with Crippen molar-refractivity contribution in [2.24, 2.45) is 0 Å². The van der Waals surface area contributed by atoms with E-state index in [0.717, 1.165) is 47.2 Å². The number of benzene rings is 3. The van der Waals surface area contributed by atoms with Crippen molar-refractivity contribution < 1.29 is 4.52 Å². The lowest BCUT2D eigenvalue weighted by molar-refractivity contribution is 0.419. The molecule has 0 aliphatic heterocycles. The highest BCUT2D eigenvalue weighted by atomic mass is 16.5. The number of unbranched alkanes of at least 4 members (excludes halogenated alkanes) is 1. The van der Waals surface area contributed by atoms with E-state index in [-0.39, 0.29) is 12.1 Å². The van der Waals surface area contributed by atoms with Gasteiger partial charge in [0.1, 0.15) is 5.82 Å². The van der Waals surface area contributed by atoms with Crippen LogP contribution in [0.3, 0.4) is 0 Å². The number of rotatable bonds is 9. The summed E-state index contributed by atoms with van der Waals surface area (Å²) in [6, 6.07) is 27.4. The Hall–Kier alpha value is -4.83. The van der Waals surface area contributed by atoms with E-state index < -0.39 is 0 Å². The third-order valence-electron chi connectivity index (χ3n) is 6.79. The molecule has 0 bridgehead atoms. The second kappa shape index (κ2) is 11.7. The average Bonchev–Trinajstić information content (AvgIpc) is 3.45. The Labute approximate surface area is 227 Å². The van der Waals surface area contributed by atoms with E-state index in [9.17, 15) is 10.1 Å². The SMILES string of the molecule is CCCCc1nc(C)n(Cc2noc(-c3ccccc3)n2)c(=O)c1Cc1ccc(-c2ccccc2C#N)cc1. The fourth-order valence-corrected chi connectivity index (χ4v) is 4.67. The quantitative estimate of drug-likeness (QED) is 0.234. The smallest absolute Gasteiger partial charge is 0.257 e. The molecule has 0 unspecified atom stereocenters. The molecule has 0 saturated carbocycles. The van der Waals surface area contributed by atoms with E-state index in [1.54, 1.807) is 4.57 Å². The molecule has 0 atom stereocenters. The minimum absolute atomic E-state index is 0.0847. The maximum atomic E-state index is 13.8. The van der Waals surface area contributed by atoms with Gasteiger partial charge in [-0.05, 0) is 54.7 Å². The Kier molecular flexibility index (Phi) is 7.74. The molecule has 0 amide bonds. The van der Waals surface area contributed by atoms with Gasteiger partial charge in [-0.25, -0.2) is 4.98 Å². The van der Waals surface area contributed by atoms with E-state index in [4.69, 9.17) is 9.51 Å². The van der Waals surface area contributed by atoms with Gasteiger partial charge in [0.25, 0.3) is 11.4 Å². The molecule has 0 radical (unpaired) electrons. The highest BCUT2D eigenvalue weighted by Crippen LogP contribution is 2.24. The predicted octanol–water partition coefficient (Wildman–Crippen LogP) is 6.12. The van der Waals surface area contributed by atoms with E-state index in [2.05, 4.69) is 23.1 Å². The molecule has 0 saturated heterocycles. The molecule has 0 fully saturated rings. The number of aryl methyl sites for hydroxylation is 2. The Bertz CT molecular complexity index is 1680. The lowest BCUT2D eigenvalue weighted by Crippen LogP contribution is -2.30. The lowest BCUT2D eigenvalue weighted by Gasteiger charge is -2.15. The van der Waals surface area contributed by atoms with Gasteiger partial charge in [0.2, 0.25) is 0 Å². The zero-order valence-corrected chi connectivity index (χ0v) is 22.1. The Morgan fingerprint density at radius 1 is 0.923 bits per heavy atom. The van der Waals surface area contributed by atoms with Gasteiger partial charge >= 0.3 is 0 Å². The van der Waals surface area contributed by atoms with Crippen LogP contribution in [-0.4, -0.2) is 19.7 Å². The molecule has 0 spiro atoms. The largest absolute Gasteiger partial charge is 0.334 e. The minimum atomic E-state index is -0.0847. The highest BCUT2D eigenvalue weighted by molar-refractivity contribution is 5.70. The first-order chi connectivity index (χ1) is 19.1. The summed E-state index contributed by atoms with van der Waals surface area (Å²) >= 11 is 0. The van der Waals surface area contributed by atoms with Crippen molar-refractivity contribution in [1.29, 1.82) is 5.26 Å². The van der Waals surface area contributed by atoms with Gasteiger partial charge in [-0.3, -0.25) is 9.36 Å². The van der Waals surface area contributed by atoms with Crippen LogP contribution >= 0.6 is 0 Å². The summed E-state index contributed by atoms with van der Waals surface area (Å²) in [5.41, 5.74) is 5.77. The average molecular weight is 516 g/mol. The van der Waals surface area contributed by atoms with Crippen molar-refractivity contribution in [2.45, 2.75) is 46.1 Å². The zero-order chi connectivity index (χ0) is 27.2.